The first kappa shape index (κ1) is 25.0. The number of nitrogens with zero attached hydrogens (tertiary/aromatic N) is 3. The molecule has 0 spiro atoms. The van der Waals surface area contributed by atoms with Gasteiger partial charge in [-0.3, -0.25) is 24.0 Å². The van der Waals surface area contributed by atoms with Gasteiger partial charge < -0.3 is 10.0 Å². The zero-order valence-corrected chi connectivity index (χ0v) is 21.0. The van der Waals surface area contributed by atoms with Gasteiger partial charge in [-0.2, -0.15) is 0 Å². The van der Waals surface area contributed by atoms with E-state index in [0.717, 1.165) is 43.2 Å². The molecular formula is C26H36N4O5. The van der Waals surface area contributed by atoms with Crippen molar-refractivity contribution in [2.75, 3.05) is 6.54 Å². The van der Waals surface area contributed by atoms with Gasteiger partial charge in [0, 0.05) is 26.1 Å². The fourth-order valence-electron chi connectivity index (χ4n) is 5.88. The predicted octanol–water partition coefficient (Wildman–Crippen LogP) is 3.45. The number of hydrogen-bond acceptors (Lipinski definition) is 4. The maximum Gasteiger partial charge on any atom is 0.407 e. The van der Waals surface area contributed by atoms with Crippen LogP contribution < -0.4 is 11.0 Å². The summed E-state index contributed by atoms with van der Waals surface area (Å²) in [7, 11) is 1.73. The van der Waals surface area contributed by atoms with Gasteiger partial charge in [0.25, 0.3) is 0 Å². The second kappa shape index (κ2) is 9.51. The number of imide groups is 1. The molecule has 2 N–H and O–H groups in total. The monoisotopic (exact) mass is 484 g/mol. The number of nitrogens with one attached hydrogen (secondary N) is 1. The summed E-state index contributed by atoms with van der Waals surface area (Å²) in [5.74, 6) is -0.267. The third kappa shape index (κ3) is 4.86. The van der Waals surface area contributed by atoms with Crippen LogP contribution in [0.5, 0.6) is 0 Å². The molecule has 35 heavy (non-hydrogen) atoms. The topological polar surface area (TPSA) is 114 Å². The summed E-state index contributed by atoms with van der Waals surface area (Å²) in [4.78, 5) is 50.5. The number of fused-ring (bicyclic) bond motifs is 1. The van der Waals surface area contributed by atoms with Gasteiger partial charge in [0.15, 0.2) is 0 Å². The van der Waals surface area contributed by atoms with Crippen molar-refractivity contribution >= 4 is 28.9 Å². The van der Waals surface area contributed by atoms with E-state index < -0.39 is 18.0 Å². The fourth-order valence-corrected chi connectivity index (χ4v) is 5.88. The van der Waals surface area contributed by atoms with Gasteiger partial charge in [-0.25, -0.2) is 9.59 Å². The summed E-state index contributed by atoms with van der Waals surface area (Å²) in [5.41, 5.74) is 2.24. The van der Waals surface area contributed by atoms with Crippen LogP contribution in [0.15, 0.2) is 23.0 Å². The number of aromatic nitrogens is 2. The number of hydrogen-bond donors (Lipinski definition) is 2. The van der Waals surface area contributed by atoms with Crippen molar-refractivity contribution < 1.29 is 19.5 Å². The first-order valence-electron chi connectivity index (χ1n) is 12.5. The van der Waals surface area contributed by atoms with Gasteiger partial charge in [0.2, 0.25) is 11.8 Å². The van der Waals surface area contributed by atoms with Crippen molar-refractivity contribution in [1.29, 1.82) is 0 Å². The molecule has 3 unspecified atom stereocenters. The molecule has 0 bridgehead atoms. The summed E-state index contributed by atoms with van der Waals surface area (Å²) in [6.07, 6.45) is 4.16. The smallest absolute Gasteiger partial charge is 0.407 e. The molecule has 1 aromatic carbocycles. The van der Waals surface area contributed by atoms with Crippen molar-refractivity contribution in [3.05, 3.63) is 34.2 Å². The highest BCUT2D eigenvalue weighted by Gasteiger charge is 2.38. The number of carbonyl (C=O) groups excluding carboxylic acids is 2. The minimum absolute atomic E-state index is 0.00515. The highest BCUT2D eigenvalue weighted by atomic mass is 16.4. The Hall–Kier alpha value is -3.10. The normalized spacial score (nSPS) is 23.5. The van der Waals surface area contributed by atoms with E-state index in [0.29, 0.717) is 24.4 Å². The van der Waals surface area contributed by atoms with E-state index in [-0.39, 0.29) is 29.5 Å². The zero-order chi connectivity index (χ0) is 25.5. The second-order valence-corrected chi connectivity index (χ2v) is 11.1. The first-order valence-corrected chi connectivity index (χ1v) is 12.5. The van der Waals surface area contributed by atoms with Crippen LogP contribution in [-0.4, -0.2) is 49.6 Å². The van der Waals surface area contributed by atoms with E-state index in [1.165, 1.54) is 4.57 Å². The van der Waals surface area contributed by atoms with E-state index in [1.807, 2.05) is 18.2 Å². The molecule has 2 saturated heterocycles. The van der Waals surface area contributed by atoms with Crippen LogP contribution in [0.4, 0.5) is 4.79 Å². The van der Waals surface area contributed by atoms with Crippen LogP contribution >= 0.6 is 0 Å². The Labute approximate surface area is 205 Å². The summed E-state index contributed by atoms with van der Waals surface area (Å²) < 4.78 is 3.13. The molecule has 2 aliphatic rings. The molecule has 2 fully saturated rings. The number of piperidine rings is 2. The molecule has 2 aliphatic heterocycles. The lowest BCUT2D eigenvalue weighted by Gasteiger charge is -2.44. The molecule has 0 saturated carbocycles. The van der Waals surface area contributed by atoms with Crippen LogP contribution in [0.2, 0.25) is 0 Å². The number of carbonyl (C=O) groups is 3. The SMILES string of the molecule is Cn1c(=O)n(C2CCC(=O)NC2=O)c2cccc(CCCC3CCN(C(=O)O)C(C(C)(C)C)C3)c21. The quantitative estimate of drug-likeness (QED) is 0.631. The van der Waals surface area contributed by atoms with Gasteiger partial charge in [0.1, 0.15) is 6.04 Å². The average Bonchev–Trinajstić information content (AvgIpc) is 3.04. The number of imidazole rings is 1. The summed E-state index contributed by atoms with van der Waals surface area (Å²) in [6, 6.07) is 5.13. The molecular weight excluding hydrogens is 448 g/mol. The van der Waals surface area contributed by atoms with Gasteiger partial charge in [-0.15, -0.1) is 0 Å². The third-order valence-corrected chi connectivity index (χ3v) is 7.72. The van der Waals surface area contributed by atoms with Crippen LogP contribution in [-0.2, 0) is 23.1 Å². The summed E-state index contributed by atoms with van der Waals surface area (Å²) >= 11 is 0. The third-order valence-electron chi connectivity index (χ3n) is 7.72. The molecule has 0 radical (unpaired) electrons. The van der Waals surface area contributed by atoms with Crippen LogP contribution in [0, 0.1) is 11.3 Å². The number of benzene rings is 1. The van der Waals surface area contributed by atoms with E-state index in [2.05, 4.69) is 26.1 Å². The lowest BCUT2D eigenvalue weighted by Crippen LogP contribution is -2.51. The Bertz CT molecular complexity index is 1200. The Morgan fingerprint density at radius 3 is 2.57 bits per heavy atom. The molecule has 1 aromatic heterocycles. The molecule has 9 heteroatoms. The van der Waals surface area contributed by atoms with Crippen molar-refractivity contribution in [3.63, 3.8) is 0 Å². The molecule has 2 aromatic rings. The Morgan fingerprint density at radius 2 is 1.91 bits per heavy atom. The number of aryl methyl sites for hydroxylation is 2. The summed E-state index contributed by atoms with van der Waals surface area (Å²) in [5, 5.41) is 12.0. The molecule has 0 aliphatic carbocycles. The van der Waals surface area contributed by atoms with Gasteiger partial charge in [-0.05, 0) is 61.5 Å². The summed E-state index contributed by atoms with van der Waals surface area (Å²) in [6.45, 7) is 6.87. The van der Waals surface area contributed by atoms with Crippen molar-refractivity contribution in [1.82, 2.24) is 19.4 Å². The standard InChI is InChI=1S/C26H36N4O5/c1-26(2,3)20-15-16(13-14-29(20)25(34)35)7-5-8-17-9-6-10-18-22(17)28(4)24(33)30(18)19-11-12-21(31)27-23(19)32/h6,9-10,16,19-20H,5,7-8,11-15H2,1-4H3,(H,34,35)(H,27,31,32). The van der Waals surface area contributed by atoms with Crippen molar-refractivity contribution in [2.45, 2.75) is 77.8 Å². The van der Waals surface area contributed by atoms with Gasteiger partial charge in [0.05, 0.1) is 11.0 Å². The van der Waals surface area contributed by atoms with E-state index in [1.54, 1.807) is 16.5 Å². The maximum absolute atomic E-state index is 13.1. The highest BCUT2D eigenvalue weighted by molar-refractivity contribution is 6.00. The lowest BCUT2D eigenvalue weighted by atomic mass is 9.76. The minimum atomic E-state index is -0.837. The highest BCUT2D eigenvalue weighted by Crippen LogP contribution is 2.36. The van der Waals surface area contributed by atoms with E-state index in [9.17, 15) is 24.3 Å². The Morgan fingerprint density at radius 1 is 1.17 bits per heavy atom. The first-order chi connectivity index (χ1) is 16.5. The minimum Gasteiger partial charge on any atom is -0.465 e. The number of likely N-dealkylation sites (tertiary alicyclic amines) is 1. The molecule has 3 atom stereocenters. The number of rotatable bonds is 5. The lowest BCUT2D eigenvalue weighted by molar-refractivity contribution is -0.135. The predicted molar refractivity (Wildman–Crippen MR) is 132 cm³/mol. The average molecular weight is 485 g/mol. The zero-order valence-electron chi connectivity index (χ0n) is 21.0. The van der Waals surface area contributed by atoms with E-state index >= 15 is 0 Å². The molecule has 4 rings (SSSR count). The second-order valence-electron chi connectivity index (χ2n) is 11.1. The number of carboxylic acid groups (broad SMARTS) is 1. The molecule has 3 amide bonds. The van der Waals surface area contributed by atoms with E-state index in [4.69, 9.17) is 0 Å². The van der Waals surface area contributed by atoms with Crippen LogP contribution in [0.1, 0.15) is 70.9 Å². The van der Waals surface area contributed by atoms with Gasteiger partial charge >= 0.3 is 11.8 Å². The molecule has 3 heterocycles. The molecule has 190 valence electrons. The van der Waals surface area contributed by atoms with Crippen LogP contribution in [0.3, 0.4) is 0 Å². The molecule has 9 nitrogen and oxygen atoms in total. The Kier molecular flexibility index (Phi) is 6.79. The largest absolute Gasteiger partial charge is 0.465 e. The number of amides is 3. The van der Waals surface area contributed by atoms with Crippen molar-refractivity contribution in [3.8, 4) is 0 Å². The van der Waals surface area contributed by atoms with Gasteiger partial charge in [-0.1, -0.05) is 32.9 Å². The van der Waals surface area contributed by atoms with Crippen molar-refractivity contribution in [2.24, 2.45) is 18.4 Å². The number of para-hydroxylation sites is 1. The fraction of sp³-hybridized carbons (Fsp3) is 0.615. The Balaban J connectivity index is 1.50. The van der Waals surface area contributed by atoms with Crippen LogP contribution in [0.25, 0.3) is 11.0 Å². The maximum atomic E-state index is 13.1.